The van der Waals surface area contributed by atoms with Gasteiger partial charge in [0.1, 0.15) is 0 Å². The topological polar surface area (TPSA) is 103 Å². The van der Waals surface area contributed by atoms with Crippen LogP contribution in [0.15, 0.2) is 0 Å². The number of methoxy groups -OCH3 is 1. The normalized spacial score (nSPS) is 11.3. The molecule has 10 heteroatoms. The average Bonchev–Trinajstić information content (AvgIpc) is 2.92. The predicted octanol–water partition coefficient (Wildman–Crippen LogP) is 3.40. The fourth-order valence-electron chi connectivity index (χ4n) is 3.33. The van der Waals surface area contributed by atoms with E-state index < -0.39 is 0 Å². The lowest BCUT2D eigenvalue weighted by Crippen LogP contribution is -2.27. The van der Waals surface area contributed by atoms with Gasteiger partial charge < -0.3 is 43.2 Å². The molecular weight excluding hydrogens is 494 g/mol. The molecule has 0 aromatic rings. The first-order valence-corrected chi connectivity index (χ1v) is 14.6. The number of amides is 1. The van der Waals surface area contributed by atoms with Crippen LogP contribution in [-0.2, 0) is 42.7 Å². The number of unbranched alkanes of at least 4 members (excludes halogenated alkanes) is 7. The van der Waals surface area contributed by atoms with Crippen LogP contribution in [0.5, 0.6) is 0 Å². The lowest BCUT2D eigenvalue weighted by Gasteiger charge is -2.09. The Morgan fingerprint density at radius 2 is 0.816 bits per heavy atom. The highest BCUT2D eigenvalue weighted by atomic mass is 16.6. The lowest BCUT2D eigenvalue weighted by atomic mass is 10.1. The molecule has 1 N–H and O–H groups in total. The Balaban J connectivity index is 3.10. The molecular formula is C28H57NO9. The molecule has 0 radical (unpaired) electrons. The van der Waals surface area contributed by atoms with Gasteiger partial charge in [-0.25, -0.2) is 0 Å². The number of hydrogen-bond acceptors (Lipinski definition) is 9. The van der Waals surface area contributed by atoms with Crippen LogP contribution < -0.4 is 5.32 Å². The van der Waals surface area contributed by atoms with Gasteiger partial charge in [0.05, 0.1) is 99.1 Å². The minimum Gasteiger partial charge on any atom is -0.382 e. The van der Waals surface area contributed by atoms with Crippen molar-refractivity contribution in [2.24, 2.45) is 0 Å². The maximum atomic E-state index is 11.8. The highest BCUT2D eigenvalue weighted by Gasteiger charge is 2.01. The van der Waals surface area contributed by atoms with Crippen molar-refractivity contribution in [1.82, 2.24) is 5.32 Å². The molecule has 0 aliphatic carbocycles. The van der Waals surface area contributed by atoms with E-state index in [4.69, 9.17) is 37.9 Å². The minimum absolute atomic E-state index is 0.116. The molecule has 228 valence electrons. The Morgan fingerprint density at radius 3 is 1.21 bits per heavy atom. The number of nitrogens with one attached hydrogen (secondary N) is 1. The Bertz CT molecular complexity index is 458. The molecule has 0 aromatic carbocycles. The van der Waals surface area contributed by atoms with Crippen LogP contribution >= 0.6 is 0 Å². The van der Waals surface area contributed by atoms with E-state index in [1.165, 1.54) is 38.5 Å². The van der Waals surface area contributed by atoms with Gasteiger partial charge in [-0.1, -0.05) is 51.9 Å². The third-order valence-corrected chi connectivity index (χ3v) is 5.49. The zero-order valence-corrected chi connectivity index (χ0v) is 24.4. The highest BCUT2D eigenvalue weighted by molar-refractivity contribution is 5.75. The van der Waals surface area contributed by atoms with Crippen molar-refractivity contribution in [1.29, 1.82) is 0 Å². The molecule has 0 fully saturated rings. The molecule has 1 amide bonds. The van der Waals surface area contributed by atoms with Crippen LogP contribution in [0.25, 0.3) is 0 Å². The largest absolute Gasteiger partial charge is 0.382 e. The number of rotatable bonds is 33. The number of hydrogen-bond donors (Lipinski definition) is 1. The van der Waals surface area contributed by atoms with E-state index in [1.807, 2.05) is 0 Å². The second-order valence-corrected chi connectivity index (χ2v) is 8.85. The van der Waals surface area contributed by atoms with Crippen LogP contribution in [0, 0.1) is 0 Å². The number of carbonyl (C=O) groups is 1. The van der Waals surface area contributed by atoms with E-state index >= 15 is 0 Å². The van der Waals surface area contributed by atoms with Crippen LogP contribution in [0.2, 0.25) is 0 Å². The maximum Gasteiger partial charge on any atom is 0.220 e. The smallest absolute Gasteiger partial charge is 0.220 e. The average molecular weight is 552 g/mol. The first-order chi connectivity index (χ1) is 18.8. The van der Waals surface area contributed by atoms with E-state index in [1.54, 1.807) is 7.11 Å². The van der Waals surface area contributed by atoms with Crippen LogP contribution in [0.3, 0.4) is 0 Å². The summed E-state index contributed by atoms with van der Waals surface area (Å²) in [5.74, 6) is 0.116. The monoisotopic (exact) mass is 551 g/mol. The quantitative estimate of drug-likeness (QED) is 0.123. The van der Waals surface area contributed by atoms with E-state index in [0.717, 1.165) is 12.8 Å². The summed E-state index contributed by atoms with van der Waals surface area (Å²) in [5, 5.41) is 2.91. The van der Waals surface area contributed by atoms with Gasteiger partial charge >= 0.3 is 0 Å². The van der Waals surface area contributed by atoms with Crippen molar-refractivity contribution in [2.75, 3.05) is 113 Å². The van der Waals surface area contributed by atoms with Gasteiger partial charge in [0, 0.05) is 20.1 Å². The van der Waals surface area contributed by atoms with Crippen LogP contribution in [0.1, 0.15) is 64.7 Å². The van der Waals surface area contributed by atoms with Crippen LogP contribution in [-0.4, -0.2) is 119 Å². The zero-order valence-electron chi connectivity index (χ0n) is 24.4. The molecule has 0 aromatic heterocycles. The van der Waals surface area contributed by atoms with Gasteiger partial charge in [0.25, 0.3) is 0 Å². The van der Waals surface area contributed by atoms with Gasteiger partial charge in [-0.15, -0.1) is 0 Å². The second kappa shape index (κ2) is 34.2. The fourth-order valence-corrected chi connectivity index (χ4v) is 3.33. The molecule has 0 aliphatic heterocycles. The molecule has 0 atom stereocenters. The summed E-state index contributed by atoms with van der Waals surface area (Å²) < 4.78 is 42.9. The third kappa shape index (κ3) is 33.2. The Labute approximate surface area is 231 Å². The second-order valence-electron chi connectivity index (χ2n) is 8.85. The molecule has 0 rings (SSSR count). The summed E-state index contributed by atoms with van der Waals surface area (Å²) in [6.45, 7) is 10.8. The first-order valence-electron chi connectivity index (χ1n) is 14.6. The van der Waals surface area contributed by atoms with E-state index in [0.29, 0.717) is 112 Å². The molecule has 0 saturated heterocycles. The van der Waals surface area contributed by atoms with Crippen molar-refractivity contribution < 1.29 is 42.7 Å². The molecule has 0 heterocycles. The summed E-state index contributed by atoms with van der Waals surface area (Å²) in [4.78, 5) is 11.8. The molecule has 0 bridgehead atoms. The summed E-state index contributed by atoms with van der Waals surface area (Å²) in [5.41, 5.74) is 0. The van der Waals surface area contributed by atoms with Gasteiger partial charge in [0.2, 0.25) is 5.91 Å². The van der Waals surface area contributed by atoms with Crippen molar-refractivity contribution in [3.63, 3.8) is 0 Å². The van der Waals surface area contributed by atoms with Crippen molar-refractivity contribution >= 4 is 5.91 Å². The van der Waals surface area contributed by atoms with Gasteiger partial charge in [-0.3, -0.25) is 4.79 Å². The third-order valence-electron chi connectivity index (χ3n) is 5.49. The molecule has 0 spiro atoms. The molecule has 0 aliphatic rings. The van der Waals surface area contributed by atoms with E-state index in [2.05, 4.69) is 12.2 Å². The molecule has 0 unspecified atom stereocenters. The van der Waals surface area contributed by atoms with Crippen molar-refractivity contribution in [3.05, 3.63) is 0 Å². The Hall–Kier alpha value is -0.850. The number of carbonyl (C=O) groups excluding carboxylic acids is 1. The highest BCUT2D eigenvalue weighted by Crippen LogP contribution is 2.09. The number of ether oxygens (including phenoxy) is 8. The maximum absolute atomic E-state index is 11.8. The standard InChI is InChI=1S/C28H57NO9/c1-3-4-5-6-7-8-9-10-11-28(30)29-12-13-32-16-17-34-20-21-36-24-25-38-27-26-37-23-22-35-19-18-33-15-14-31-2/h3-27H2,1-2H3,(H,29,30). The molecule has 10 nitrogen and oxygen atoms in total. The summed E-state index contributed by atoms with van der Waals surface area (Å²) in [6.07, 6.45) is 10.5. The predicted molar refractivity (Wildman–Crippen MR) is 148 cm³/mol. The fraction of sp³-hybridized carbons (Fsp3) is 0.964. The molecule has 0 saturated carbocycles. The van der Waals surface area contributed by atoms with Crippen molar-refractivity contribution in [2.45, 2.75) is 64.7 Å². The summed E-state index contributed by atoms with van der Waals surface area (Å²) >= 11 is 0. The SMILES string of the molecule is CCCCCCCCCCC(=O)NCCOCCOCCOCCOCCOCCOCCOCCOC. The van der Waals surface area contributed by atoms with Gasteiger partial charge in [-0.05, 0) is 6.42 Å². The Kier molecular flexibility index (Phi) is 33.4. The van der Waals surface area contributed by atoms with Crippen LogP contribution in [0.4, 0.5) is 0 Å². The summed E-state index contributed by atoms with van der Waals surface area (Å²) in [7, 11) is 1.65. The molecule has 38 heavy (non-hydrogen) atoms. The van der Waals surface area contributed by atoms with E-state index in [-0.39, 0.29) is 5.91 Å². The first kappa shape index (κ1) is 37.1. The zero-order chi connectivity index (χ0) is 27.6. The van der Waals surface area contributed by atoms with E-state index in [9.17, 15) is 4.79 Å². The minimum atomic E-state index is 0.116. The van der Waals surface area contributed by atoms with Gasteiger partial charge in [-0.2, -0.15) is 0 Å². The Morgan fingerprint density at radius 1 is 0.474 bits per heavy atom. The van der Waals surface area contributed by atoms with Crippen molar-refractivity contribution in [3.8, 4) is 0 Å². The van der Waals surface area contributed by atoms with Gasteiger partial charge in [0.15, 0.2) is 0 Å². The summed E-state index contributed by atoms with van der Waals surface area (Å²) in [6, 6.07) is 0. The lowest BCUT2D eigenvalue weighted by molar-refractivity contribution is -0.121.